The number of aliphatic carboxylic acids is 1. The van der Waals surface area contributed by atoms with Crippen LogP contribution in [-0.2, 0) is 9.54 Å². The Morgan fingerprint density at radius 2 is 1.80 bits per heavy atom. The molecule has 2 unspecified atom stereocenters. The zero-order chi connectivity index (χ0) is 17.9. The Balaban J connectivity index is 1.81. The van der Waals surface area contributed by atoms with E-state index in [0.717, 1.165) is 36.3 Å². The van der Waals surface area contributed by atoms with Gasteiger partial charge < -0.3 is 9.84 Å². The second-order valence-corrected chi connectivity index (χ2v) is 8.72. The molecule has 5 heteroatoms. The largest absolute Gasteiger partial charge is 0.481 e. The lowest BCUT2D eigenvalue weighted by Crippen LogP contribution is -2.31. The molecule has 2 aromatic carbocycles. The third kappa shape index (κ3) is 4.50. The van der Waals surface area contributed by atoms with Gasteiger partial charge in [0.15, 0.2) is 0 Å². The van der Waals surface area contributed by atoms with Gasteiger partial charge in [-0.25, -0.2) is 0 Å². The van der Waals surface area contributed by atoms with E-state index < -0.39 is 5.97 Å². The summed E-state index contributed by atoms with van der Waals surface area (Å²) in [5.41, 5.74) is 1.06. The number of hydrogen-bond acceptors (Lipinski definition) is 3. The van der Waals surface area contributed by atoms with Crippen molar-refractivity contribution < 1.29 is 14.6 Å². The van der Waals surface area contributed by atoms with Gasteiger partial charge >= 0.3 is 5.97 Å². The molecule has 3 nitrogen and oxygen atoms in total. The fourth-order valence-electron chi connectivity index (χ4n) is 3.33. The molecule has 0 radical (unpaired) electrons. The van der Waals surface area contributed by atoms with Crippen molar-refractivity contribution >= 4 is 29.3 Å². The van der Waals surface area contributed by atoms with E-state index in [9.17, 15) is 9.90 Å². The monoisotopic (exact) mass is 376 g/mol. The number of carboxylic acid groups (broad SMARTS) is 1. The summed E-state index contributed by atoms with van der Waals surface area (Å²) in [5, 5.41) is 10.5. The van der Waals surface area contributed by atoms with Crippen LogP contribution in [0.25, 0.3) is 0 Å². The predicted molar refractivity (Wildman–Crippen MR) is 103 cm³/mol. The molecule has 25 heavy (non-hydrogen) atoms. The zero-order valence-electron chi connectivity index (χ0n) is 14.1. The Bertz CT molecular complexity index is 730. The number of ether oxygens (including phenoxy) is 1. The van der Waals surface area contributed by atoms with Crippen LogP contribution in [0.4, 0.5) is 0 Å². The quantitative estimate of drug-likeness (QED) is 0.684. The van der Waals surface area contributed by atoms with Crippen LogP contribution >= 0.6 is 23.4 Å². The van der Waals surface area contributed by atoms with Crippen molar-refractivity contribution in [2.45, 2.75) is 42.6 Å². The molecule has 1 fully saturated rings. The SMILES string of the molecule is CC1CCCC(CC(=O)O)(c2ccc(Oc3ccc(Cl)cc3)cc2)S1. The maximum Gasteiger partial charge on any atom is 0.305 e. The highest BCUT2D eigenvalue weighted by Crippen LogP contribution is 2.50. The first-order valence-electron chi connectivity index (χ1n) is 8.40. The summed E-state index contributed by atoms with van der Waals surface area (Å²) < 4.78 is 5.48. The van der Waals surface area contributed by atoms with Crippen LogP contribution < -0.4 is 4.74 Å². The van der Waals surface area contributed by atoms with Crippen molar-refractivity contribution in [3.8, 4) is 11.5 Å². The van der Waals surface area contributed by atoms with Crippen molar-refractivity contribution in [1.29, 1.82) is 0 Å². The normalized spacial score (nSPS) is 23.2. The van der Waals surface area contributed by atoms with Crippen molar-refractivity contribution in [1.82, 2.24) is 0 Å². The van der Waals surface area contributed by atoms with Gasteiger partial charge in [-0.1, -0.05) is 37.1 Å². The number of hydrogen-bond donors (Lipinski definition) is 1. The first-order valence-corrected chi connectivity index (χ1v) is 9.66. The summed E-state index contributed by atoms with van der Waals surface area (Å²) >= 11 is 7.67. The van der Waals surface area contributed by atoms with Gasteiger partial charge in [-0.2, -0.15) is 0 Å². The van der Waals surface area contributed by atoms with Crippen molar-refractivity contribution in [2.75, 3.05) is 0 Å². The third-order valence-electron chi connectivity index (χ3n) is 4.48. The number of carboxylic acids is 1. The summed E-state index contributed by atoms with van der Waals surface area (Å²) in [7, 11) is 0. The predicted octanol–water partition coefficient (Wildman–Crippen LogP) is 6.11. The van der Waals surface area contributed by atoms with Gasteiger partial charge in [0.2, 0.25) is 0 Å². The molecular formula is C20H21ClO3S. The molecule has 2 atom stereocenters. The van der Waals surface area contributed by atoms with Crippen molar-refractivity contribution in [3.05, 3.63) is 59.1 Å². The molecule has 0 spiro atoms. The average Bonchev–Trinajstić information content (AvgIpc) is 2.57. The Labute approximate surface area is 157 Å². The summed E-state index contributed by atoms with van der Waals surface area (Å²) in [5.74, 6) is 0.701. The summed E-state index contributed by atoms with van der Waals surface area (Å²) in [6.07, 6.45) is 3.25. The molecule has 0 aliphatic carbocycles. The minimum atomic E-state index is -0.747. The Morgan fingerprint density at radius 3 is 2.36 bits per heavy atom. The van der Waals surface area contributed by atoms with Crippen LogP contribution in [-0.4, -0.2) is 16.3 Å². The van der Waals surface area contributed by atoms with E-state index in [4.69, 9.17) is 16.3 Å². The Morgan fingerprint density at radius 1 is 1.20 bits per heavy atom. The molecular weight excluding hydrogens is 356 g/mol. The van der Waals surface area contributed by atoms with E-state index in [1.165, 1.54) is 0 Å². The number of rotatable bonds is 5. The lowest BCUT2D eigenvalue weighted by Gasteiger charge is -2.39. The summed E-state index contributed by atoms with van der Waals surface area (Å²) in [4.78, 5) is 11.4. The Hall–Kier alpha value is -1.65. The molecule has 1 aliphatic heterocycles. The lowest BCUT2D eigenvalue weighted by molar-refractivity contribution is -0.137. The van der Waals surface area contributed by atoms with Crippen LogP contribution in [0.15, 0.2) is 48.5 Å². The number of benzene rings is 2. The van der Waals surface area contributed by atoms with Crippen LogP contribution in [0, 0.1) is 0 Å². The number of carbonyl (C=O) groups is 1. The first kappa shape index (κ1) is 18.2. The third-order valence-corrected chi connectivity index (χ3v) is 6.41. The van der Waals surface area contributed by atoms with E-state index in [1.807, 2.05) is 36.4 Å². The minimum Gasteiger partial charge on any atom is -0.481 e. The fourth-order valence-corrected chi connectivity index (χ4v) is 5.25. The van der Waals surface area contributed by atoms with Gasteiger partial charge in [0.1, 0.15) is 11.5 Å². The maximum atomic E-state index is 11.4. The highest BCUT2D eigenvalue weighted by molar-refractivity contribution is 8.00. The smallest absolute Gasteiger partial charge is 0.305 e. The van der Waals surface area contributed by atoms with Gasteiger partial charge in [-0.15, -0.1) is 11.8 Å². The standard InChI is InChI=1S/C20H21ClO3S/c1-14-3-2-12-20(25-14,13-19(22)23)15-4-8-17(9-5-15)24-18-10-6-16(21)7-11-18/h4-11,14H,2-3,12-13H2,1H3,(H,22,23). The lowest BCUT2D eigenvalue weighted by atomic mass is 9.88. The number of thioether (sulfide) groups is 1. The second kappa shape index (κ2) is 7.71. The van der Waals surface area contributed by atoms with Crippen molar-refractivity contribution in [3.63, 3.8) is 0 Å². The molecule has 1 aliphatic rings. The molecule has 2 aromatic rings. The summed E-state index contributed by atoms with van der Waals surface area (Å²) in [6.45, 7) is 2.18. The zero-order valence-corrected chi connectivity index (χ0v) is 15.6. The maximum absolute atomic E-state index is 11.4. The minimum absolute atomic E-state index is 0.152. The van der Waals surface area contributed by atoms with Gasteiger partial charge in [0, 0.05) is 10.3 Å². The molecule has 0 saturated carbocycles. The van der Waals surface area contributed by atoms with Gasteiger partial charge in [-0.05, 0) is 54.8 Å². The highest BCUT2D eigenvalue weighted by atomic mass is 35.5. The fraction of sp³-hybridized carbons (Fsp3) is 0.350. The van der Waals surface area contributed by atoms with Gasteiger partial charge in [0.05, 0.1) is 11.2 Å². The van der Waals surface area contributed by atoms with Crippen LogP contribution in [0.1, 0.15) is 38.2 Å². The van der Waals surface area contributed by atoms with Crippen LogP contribution in [0.2, 0.25) is 5.02 Å². The average molecular weight is 377 g/mol. The molecule has 1 N–H and O–H groups in total. The molecule has 0 amide bonds. The van der Waals surface area contributed by atoms with Crippen LogP contribution in [0.5, 0.6) is 11.5 Å². The van der Waals surface area contributed by atoms with E-state index in [1.54, 1.807) is 23.9 Å². The molecule has 3 rings (SSSR count). The molecule has 1 saturated heterocycles. The highest BCUT2D eigenvalue weighted by Gasteiger charge is 2.39. The molecule has 0 bridgehead atoms. The summed E-state index contributed by atoms with van der Waals surface area (Å²) in [6, 6.07) is 15.0. The van der Waals surface area contributed by atoms with Crippen LogP contribution in [0.3, 0.4) is 0 Å². The molecule has 0 aromatic heterocycles. The topological polar surface area (TPSA) is 46.5 Å². The first-order chi connectivity index (χ1) is 12.0. The Kier molecular flexibility index (Phi) is 5.60. The van der Waals surface area contributed by atoms with Crippen molar-refractivity contribution in [2.24, 2.45) is 0 Å². The molecule has 132 valence electrons. The van der Waals surface area contributed by atoms with E-state index in [2.05, 4.69) is 6.92 Å². The van der Waals surface area contributed by atoms with E-state index >= 15 is 0 Å². The molecule has 1 heterocycles. The van der Waals surface area contributed by atoms with E-state index in [0.29, 0.717) is 10.3 Å². The van der Waals surface area contributed by atoms with Gasteiger partial charge in [-0.3, -0.25) is 4.79 Å². The van der Waals surface area contributed by atoms with Gasteiger partial charge in [0.25, 0.3) is 0 Å². The van der Waals surface area contributed by atoms with E-state index in [-0.39, 0.29) is 11.2 Å². The second-order valence-electron chi connectivity index (χ2n) is 6.47. The number of halogens is 1.